The van der Waals surface area contributed by atoms with Crippen LogP contribution in [0.5, 0.6) is 0 Å². The van der Waals surface area contributed by atoms with Crippen LogP contribution in [-0.4, -0.2) is 17.8 Å². The molecular formula is C14H19NOS. The van der Waals surface area contributed by atoms with E-state index in [1.807, 2.05) is 0 Å². The smallest absolute Gasteiger partial charge is 0.0445 e. The summed E-state index contributed by atoms with van der Waals surface area (Å²) in [6.45, 7) is 3.30. The van der Waals surface area contributed by atoms with Gasteiger partial charge in [0.1, 0.15) is 0 Å². The van der Waals surface area contributed by atoms with Crippen LogP contribution in [0.25, 0.3) is 10.1 Å². The number of benzene rings is 1. The van der Waals surface area contributed by atoms with Crippen molar-refractivity contribution in [3.05, 3.63) is 35.2 Å². The van der Waals surface area contributed by atoms with E-state index < -0.39 is 0 Å². The first kappa shape index (κ1) is 12.6. The lowest BCUT2D eigenvalue weighted by Crippen LogP contribution is -2.28. The molecule has 1 unspecified atom stereocenters. The lowest BCUT2D eigenvalue weighted by molar-refractivity contribution is 0.262. The molecule has 2 nitrogen and oxygen atoms in total. The molecule has 2 rings (SSSR count). The van der Waals surface area contributed by atoms with Crippen LogP contribution in [-0.2, 0) is 6.54 Å². The number of aliphatic hydroxyl groups is 1. The van der Waals surface area contributed by atoms with Crippen LogP contribution in [0, 0.1) is 0 Å². The number of nitrogens with one attached hydrogen (secondary N) is 1. The highest BCUT2D eigenvalue weighted by atomic mass is 32.1. The second-order valence-electron chi connectivity index (χ2n) is 4.26. The highest BCUT2D eigenvalue weighted by molar-refractivity contribution is 7.17. The zero-order chi connectivity index (χ0) is 12.1. The van der Waals surface area contributed by atoms with Crippen LogP contribution in [0.1, 0.15) is 25.3 Å². The molecule has 1 aromatic carbocycles. The number of hydrogen-bond acceptors (Lipinski definition) is 3. The van der Waals surface area contributed by atoms with Crippen molar-refractivity contribution in [3.8, 4) is 0 Å². The van der Waals surface area contributed by atoms with E-state index in [0.717, 1.165) is 19.4 Å². The first-order valence-corrected chi connectivity index (χ1v) is 7.02. The van der Waals surface area contributed by atoms with Gasteiger partial charge in [-0.05, 0) is 35.2 Å². The quantitative estimate of drug-likeness (QED) is 0.824. The predicted octanol–water partition coefficient (Wildman–Crippen LogP) is 3.15. The van der Waals surface area contributed by atoms with E-state index in [0.29, 0.717) is 6.04 Å². The van der Waals surface area contributed by atoms with Gasteiger partial charge in [-0.3, -0.25) is 0 Å². The Kier molecular flexibility index (Phi) is 4.54. The molecule has 0 bridgehead atoms. The van der Waals surface area contributed by atoms with Gasteiger partial charge in [0.25, 0.3) is 0 Å². The monoisotopic (exact) mass is 249 g/mol. The third kappa shape index (κ3) is 3.06. The fraction of sp³-hybridized carbons (Fsp3) is 0.429. The summed E-state index contributed by atoms with van der Waals surface area (Å²) in [5.74, 6) is 0. The summed E-state index contributed by atoms with van der Waals surface area (Å²) in [6.07, 6.45) is 1.89. The maximum absolute atomic E-state index is 8.96. The summed E-state index contributed by atoms with van der Waals surface area (Å²) >= 11 is 1.80. The van der Waals surface area contributed by atoms with Crippen molar-refractivity contribution in [1.29, 1.82) is 0 Å². The van der Waals surface area contributed by atoms with E-state index in [2.05, 4.69) is 41.9 Å². The lowest BCUT2D eigenvalue weighted by Gasteiger charge is -2.15. The van der Waals surface area contributed by atoms with E-state index >= 15 is 0 Å². The third-order valence-corrected chi connectivity index (χ3v) is 4.13. The first-order valence-electron chi connectivity index (χ1n) is 6.14. The Morgan fingerprint density at radius 2 is 2.18 bits per heavy atom. The van der Waals surface area contributed by atoms with Crippen molar-refractivity contribution in [2.24, 2.45) is 0 Å². The second-order valence-corrected chi connectivity index (χ2v) is 5.17. The van der Waals surface area contributed by atoms with Crippen LogP contribution < -0.4 is 5.32 Å². The normalized spacial score (nSPS) is 13.1. The van der Waals surface area contributed by atoms with E-state index in [1.54, 1.807) is 11.3 Å². The molecule has 0 aliphatic rings. The Labute approximate surface area is 106 Å². The molecule has 0 amide bonds. The Balaban J connectivity index is 2.03. The van der Waals surface area contributed by atoms with E-state index in [4.69, 9.17) is 5.11 Å². The molecular weight excluding hydrogens is 230 g/mol. The molecule has 0 saturated carbocycles. The van der Waals surface area contributed by atoms with Gasteiger partial charge in [-0.2, -0.15) is 0 Å². The minimum absolute atomic E-state index is 0.260. The minimum atomic E-state index is 0.260. The number of aliphatic hydroxyl groups excluding tert-OH is 1. The molecule has 17 heavy (non-hydrogen) atoms. The van der Waals surface area contributed by atoms with E-state index in [9.17, 15) is 0 Å². The van der Waals surface area contributed by atoms with Crippen LogP contribution in [0.15, 0.2) is 29.6 Å². The van der Waals surface area contributed by atoms with Crippen LogP contribution in [0.3, 0.4) is 0 Å². The second kappa shape index (κ2) is 6.15. The predicted molar refractivity (Wildman–Crippen MR) is 74.4 cm³/mol. The lowest BCUT2D eigenvalue weighted by atomic mass is 10.1. The van der Waals surface area contributed by atoms with Gasteiger partial charge in [0, 0.05) is 23.9 Å². The molecule has 0 aliphatic carbocycles. The fourth-order valence-electron chi connectivity index (χ4n) is 2.03. The Morgan fingerprint density at radius 1 is 1.35 bits per heavy atom. The molecule has 0 fully saturated rings. The number of rotatable bonds is 6. The molecule has 0 aliphatic heterocycles. The molecule has 0 radical (unpaired) electrons. The summed E-state index contributed by atoms with van der Waals surface area (Å²) in [6, 6.07) is 8.92. The van der Waals surface area contributed by atoms with Crippen LogP contribution in [0.4, 0.5) is 0 Å². The van der Waals surface area contributed by atoms with Gasteiger partial charge >= 0.3 is 0 Å². The highest BCUT2D eigenvalue weighted by Crippen LogP contribution is 2.25. The molecule has 3 heteroatoms. The van der Waals surface area contributed by atoms with Crippen LogP contribution >= 0.6 is 11.3 Å². The van der Waals surface area contributed by atoms with E-state index in [1.165, 1.54) is 15.6 Å². The third-order valence-electron chi connectivity index (χ3n) is 3.11. The van der Waals surface area contributed by atoms with Crippen molar-refractivity contribution in [3.63, 3.8) is 0 Å². The maximum atomic E-state index is 8.96. The first-order chi connectivity index (χ1) is 8.35. The van der Waals surface area contributed by atoms with Gasteiger partial charge in [-0.15, -0.1) is 11.3 Å². The average Bonchev–Trinajstić information content (AvgIpc) is 2.78. The SMILES string of the molecule is CCC(CCO)NCc1csc2ccccc12. The number of fused-ring (bicyclic) bond motifs is 1. The standard InChI is InChI=1S/C14H19NOS/c1-2-12(7-8-16)15-9-11-10-17-14-6-4-3-5-13(11)14/h3-6,10,12,15-16H,2,7-9H2,1H3. The molecule has 92 valence electrons. The van der Waals surface area contributed by atoms with Crippen molar-refractivity contribution in [2.75, 3.05) is 6.61 Å². The van der Waals surface area contributed by atoms with Gasteiger partial charge in [-0.25, -0.2) is 0 Å². The molecule has 0 saturated heterocycles. The van der Waals surface area contributed by atoms with Gasteiger partial charge in [0.2, 0.25) is 0 Å². The Hall–Kier alpha value is -0.900. The molecule has 1 atom stereocenters. The van der Waals surface area contributed by atoms with Crippen LogP contribution in [0.2, 0.25) is 0 Å². The zero-order valence-corrected chi connectivity index (χ0v) is 11.0. The van der Waals surface area contributed by atoms with Gasteiger partial charge < -0.3 is 10.4 Å². The topological polar surface area (TPSA) is 32.3 Å². The Bertz CT molecular complexity index is 466. The van der Waals surface area contributed by atoms with Gasteiger partial charge in [0.15, 0.2) is 0 Å². The van der Waals surface area contributed by atoms with Gasteiger partial charge in [-0.1, -0.05) is 25.1 Å². The van der Waals surface area contributed by atoms with Crippen molar-refractivity contribution in [1.82, 2.24) is 5.32 Å². The molecule has 2 aromatic rings. The average molecular weight is 249 g/mol. The molecule has 1 heterocycles. The van der Waals surface area contributed by atoms with Crippen molar-refractivity contribution in [2.45, 2.75) is 32.4 Å². The molecule has 2 N–H and O–H groups in total. The summed E-state index contributed by atoms with van der Waals surface area (Å²) in [5.41, 5.74) is 1.36. The highest BCUT2D eigenvalue weighted by Gasteiger charge is 2.07. The maximum Gasteiger partial charge on any atom is 0.0445 e. The summed E-state index contributed by atoms with van der Waals surface area (Å²) < 4.78 is 1.35. The zero-order valence-electron chi connectivity index (χ0n) is 10.1. The number of hydrogen-bond donors (Lipinski definition) is 2. The molecule has 1 aromatic heterocycles. The van der Waals surface area contributed by atoms with Crippen molar-refractivity contribution < 1.29 is 5.11 Å². The Morgan fingerprint density at radius 3 is 2.94 bits per heavy atom. The fourth-order valence-corrected chi connectivity index (χ4v) is 2.99. The molecule has 0 spiro atoms. The largest absolute Gasteiger partial charge is 0.396 e. The van der Waals surface area contributed by atoms with Crippen molar-refractivity contribution >= 4 is 21.4 Å². The van der Waals surface area contributed by atoms with Gasteiger partial charge in [0.05, 0.1) is 0 Å². The number of thiophene rings is 1. The summed E-state index contributed by atoms with van der Waals surface area (Å²) in [7, 11) is 0. The van der Waals surface area contributed by atoms with E-state index in [-0.39, 0.29) is 6.61 Å². The summed E-state index contributed by atoms with van der Waals surface area (Å²) in [5, 5.41) is 16.0. The minimum Gasteiger partial charge on any atom is -0.396 e. The summed E-state index contributed by atoms with van der Waals surface area (Å²) in [4.78, 5) is 0.